The van der Waals surface area contributed by atoms with Crippen LogP contribution in [0.1, 0.15) is 10.4 Å². The normalized spacial score (nSPS) is 9.47. The average molecular weight is 289 g/mol. The first-order valence-electron chi connectivity index (χ1n) is 5.76. The summed E-state index contributed by atoms with van der Waals surface area (Å²) >= 11 is 0. The van der Waals surface area contributed by atoms with E-state index in [-0.39, 0.29) is 18.3 Å². The first-order chi connectivity index (χ1) is 8.65. The molecular formula is C13H21ClN2O3. The number of para-hydroxylation sites is 1. The maximum Gasteiger partial charge on any atom is 0.257 e. The van der Waals surface area contributed by atoms with Gasteiger partial charge in [-0.1, -0.05) is 6.07 Å². The van der Waals surface area contributed by atoms with E-state index in [1.165, 1.54) is 7.11 Å². The molecule has 0 unspecified atom stereocenters. The molecule has 0 spiro atoms. The molecule has 5 nitrogen and oxygen atoms in total. The van der Waals surface area contributed by atoms with Crippen LogP contribution in [0.25, 0.3) is 0 Å². The topological polar surface area (TPSA) is 50.8 Å². The molecule has 1 aromatic carbocycles. The van der Waals surface area contributed by atoms with Gasteiger partial charge in [-0.15, -0.1) is 12.4 Å². The molecule has 0 radical (unpaired) electrons. The molecule has 0 saturated carbocycles. The third-order valence-electron chi connectivity index (χ3n) is 2.68. The van der Waals surface area contributed by atoms with Gasteiger partial charge in [-0.25, -0.2) is 0 Å². The largest absolute Gasteiger partial charge is 0.493 e. The minimum atomic E-state index is -0.0824. The van der Waals surface area contributed by atoms with Gasteiger partial charge in [0.25, 0.3) is 5.91 Å². The fourth-order valence-corrected chi connectivity index (χ4v) is 1.64. The minimum Gasteiger partial charge on any atom is -0.493 e. The lowest BCUT2D eigenvalue weighted by Gasteiger charge is -2.19. The molecule has 0 aliphatic carbocycles. The predicted molar refractivity (Wildman–Crippen MR) is 77.7 cm³/mol. The molecule has 1 N–H and O–H groups in total. The van der Waals surface area contributed by atoms with Crippen molar-refractivity contribution in [2.45, 2.75) is 0 Å². The lowest BCUT2D eigenvalue weighted by atomic mass is 10.1. The monoisotopic (exact) mass is 288 g/mol. The van der Waals surface area contributed by atoms with Crippen LogP contribution in [0.2, 0.25) is 0 Å². The van der Waals surface area contributed by atoms with Crippen LogP contribution < -0.4 is 14.8 Å². The molecular weight excluding hydrogens is 268 g/mol. The van der Waals surface area contributed by atoms with E-state index in [1.54, 1.807) is 37.3 Å². The molecule has 0 aliphatic rings. The first kappa shape index (κ1) is 17.5. The molecule has 0 bridgehead atoms. The van der Waals surface area contributed by atoms with Gasteiger partial charge in [0, 0.05) is 20.1 Å². The van der Waals surface area contributed by atoms with Crippen molar-refractivity contribution in [3.05, 3.63) is 23.8 Å². The number of ether oxygens (including phenoxy) is 2. The van der Waals surface area contributed by atoms with Gasteiger partial charge in [0.2, 0.25) is 0 Å². The zero-order chi connectivity index (χ0) is 13.5. The Balaban J connectivity index is 0.00000324. The number of halogens is 1. The Morgan fingerprint density at radius 3 is 2.53 bits per heavy atom. The fraction of sp³-hybridized carbons (Fsp3) is 0.462. The second-order valence-corrected chi connectivity index (χ2v) is 3.87. The lowest BCUT2D eigenvalue weighted by molar-refractivity contribution is 0.0793. The number of benzene rings is 1. The SMILES string of the molecule is CNCCN(C)C(=O)c1cccc(OC)c1OC.Cl. The summed E-state index contributed by atoms with van der Waals surface area (Å²) in [5.74, 6) is 0.952. The van der Waals surface area contributed by atoms with Gasteiger partial charge in [-0.2, -0.15) is 0 Å². The molecule has 1 rings (SSSR count). The van der Waals surface area contributed by atoms with Crippen molar-refractivity contribution < 1.29 is 14.3 Å². The number of rotatable bonds is 6. The minimum absolute atomic E-state index is 0. The summed E-state index contributed by atoms with van der Waals surface area (Å²) in [4.78, 5) is 13.9. The van der Waals surface area contributed by atoms with Crippen molar-refractivity contribution in [2.24, 2.45) is 0 Å². The highest BCUT2D eigenvalue weighted by atomic mass is 35.5. The van der Waals surface area contributed by atoms with Gasteiger partial charge in [0.1, 0.15) is 0 Å². The van der Waals surface area contributed by atoms with Crippen LogP contribution in [-0.4, -0.2) is 52.2 Å². The first-order valence-corrected chi connectivity index (χ1v) is 5.76. The quantitative estimate of drug-likeness (QED) is 0.860. The third-order valence-corrected chi connectivity index (χ3v) is 2.68. The van der Waals surface area contributed by atoms with Crippen molar-refractivity contribution in [1.29, 1.82) is 0 Å². The Labute approximate surface area is 120 Å². The number of methoxy groups -OCH3 is 2. The zero-order valence-corrected chi connectivity index (χ0v) is 12.5. The highest BCUT2D eigenvalue weighted by Crippen LogP contribution is 2.31. The number of nitrogens with zero attached hydrogens (tertiary/aromatic N) is 1. The van der Waals surface area contributed by atoms with Crippen LogP contribution in [0, 0.1) is 0 Å². The van der Waals surface area contributed by atoms with E-state index in [2.05, 4.69) is 5.32 Å². The molecule has 108 valence electrons. The van der Waals surface area contributed by atoms with E-state index in [4.69, 9.17) is 9.47 Å². The number of carbonyl (C=O) groups is 1. The summed E-state index contributed by atoms with van der Waals surface area (Å²) in [6, 6.07) is 5.28. The summed E-state index contributed by atoms with van der Waals surface area (Å²) in [6.45, 7) is 1.38. The summed E-state index contributed by atoms with van der Waals surface area (Å²) in [6.07, 6.45) is 0. The Kier molecular flexibility index (Phi) is 7.95. The van der Waals surface area contributed by atoms with Crippen LogP contribution >= 0.6 is 12.4 Å². The number of likely N-dealkylation sites (N-methyl/N-ethyl adjacent to an activating group) is 2. The van der Waals surface area contributed by atoms with Crippen LogP contribution in [0.4, 0.5) is 0 Å². The maximum atomic E-state index is 12.3. The Hall–Kier alpha value is -1.46. The lowest BCUT2D eigenvalue weighted by Crippen LogP contribution is -2.33. The van der Waals surface area contributed by atoms with Crippen molar-refractivity contribution in [2.75, 3.05) is 41.4 Å². The molecule has 0 aliphatic heterocycles. The van der Waals surface area contributed by atoms with Gasteiger partial charge in [0.15, 0.2) is 11.5 Å². The average Bonchev–Trinajstić information content (AvgIpc) is 2.42. The van der Waals surface area contributed by atoms with E-state index < -0.39 is 0 Å². The number of amides is 1. The van der Waals surface area contributed by atoms with Gasteiger partial charge in [0.05, 0.1) is 19.8 Å². The molecule has 0 atom stereocenters. The second-order valence-electron chi connectivity index (χ2n) is 3.87. The van der Waals surface area contributed by atoms with Gasteiger partial charge in [-0.3, -0.25) is 4.79 Å². The maximum absolute atomic E-state index is 12.3. The highest BCUT2D eigenvalue weighted by Gasteiger charge is 2.19. The molecule has 0 fully saturated rings. The van der Waals surface area contributed by atoms with Gasteiger partial charge >= 0.3 is 0 Å². The highest BCUT2D eigenvalue weighted by molar-refractivity contribution is 5.97. The van der Waals surface area contributed by atoms with Crippen molar-refractivity contribution in [3.63, 3.8) is 0 Å². The Morgan fingerprint density at radius 2 is 2.00 bits per heavy atom. The predicted octanol–water partition coefficient (Wildman–Crippen LogP) is 1.42. The van der Waals surface area contributed by atoms with Crippen molar-refractivity contribution in [1.82, 2.24) is 10.2 Å². The molecule has 0 aromatic heterocycles. The fourth-order valence-electron chi connectivity index (χ4n) is 1.64. The van der Waals surface area contributed by atoms with Crippen LogP contribution in [-0.2, 0) is 0 Å². The molecule has 1 aromatic rings. The summed E-state index contributed by atoms with van der Waals surface area (Å²) in [5.41, 5.74) is 0.510. The molecule has 1 amide bonds. The molecule has 6 heteroatoms. The third kappa shape index (κ3) is 4.29. The Bertz CT molecular complexity index is 413. The van der Waals surface area contributed by atoms with Crippen LogP contribution in [0.3, 0.4) is 0 Å². The number of hydrogen-bond acceptors (Lipinski definition) is 4. The van der Waals surface area contributed by atoms with Crippen LogP contribution in [0.5, 0.6) is 11.5 Å². The van der Waals surface area contributed by atoms with E-state index in [0.29, 0.717) is 23.6 Å². The molecule has 19 heavy (non-hydrogen) atoms. The van der Waals surface area contributed by atoms with E-state index in [1.807, 2.05) is 7.05 Å². The second kappa shape index (κ2) is 8.61. The van der Waals surface area contributed by atoms with E-state index in [9.17, 15) is 4.79 Å². The van der Waals surface area contributed by atoms with E-state index >= 15 is 0 Å². The zero-order valence-electron chi connectivity index (χ0n) is 11.7. The number of nitrogens with one attached hydrogen (secondary N) is 1. The van der Waals surface area contributed by atoms with Gasteiger partial charge < -0.3 is 19.7 Å². The van der Waals surface area contributed by atoms with Gasteiger partial charge in [-0.05, 0) is 19.2 Å². The summed E-state index contributed by atoms with van der Waals surface area (Å²) in [5, 5.41) is 3.01. The number of carbonyl (C=O) groups excluding carboxylic acids is 1. The van der Waals surface area contributed by atoms with Crippen LogP contribution in [0.15, 0.2) is 18.2 Å². The summed E-state index contributed by atoms with van der Waals surface area (Å²) in [7, 11) is 6.70. The Morgan fingerprint density at radius 1 is 1.32 bits per heavy atom. The molecule has 0 heterocycles. The van der Waals surface area contributed by atoms with E-state index in [0.717, 1.165) is 6.54 Å². The van der Waals surface area contributed by atoms with Crippen molar-refractivity contribution >= 4 is 18.3 Å². The van der Waals surface area contributed by atoms with Crippen molar-refractivity contribution in [3.8, 4) is 11.5 Å². The standard InChI is InChI=1S/C13H20N2O3.ClH/c1-14-8-9-15(2)13(16)10-6-5-7-11(17-3)12(10)18-4;/h5-7,14H,8-9H2,1-4H3;1H. The molecule has 0 saturated heterocycles. The summed E-state index contributed by atoms with van der Waals surface area (Å²) < 4.78 is 10.4. The number of hydrogen-bond donors (Lipinski definition) is 1. The smallest absolute Gasteiger partial charge is 0.257 e.